The molecular formula is C20H22ClF3N2O3. The third kappa shape index (κ3) is 7.83. The fourth-order valence-electron chi connectivity index (χ4n) is 2.78. The van der Waals surface area contributed by atoms with Gasteiger partial charge in [-0.2, -0.15) is 13.2 Å². The highest BCUT2D eigenvalue weighted by Crippen LogP contribution is 2.31. The second-order valence-corrected chi connectivity index (χ2v) is 6.98. The molecule has 158 valence electrons. The first-order valence-electron chi connectivity index (χ1n) is 8.92. The van der Waals surface area contributed by atoms with Crippen molar-refractivity contribution in [2.75, 3.05) is 7.05 Å². The van der Waals surface area contributed by atoms with Crippen molar-refractivity contribution in [3.63, 3.8) is 0 Å². The van der Waals surface area contributed by atoms with Gasteiger partial charge in [0.2, 0.25) is 0 Å². The summed E-state index contributed by atoms with van der Waals surface area (Å²) in [6, 6.07) is 11.8. The van der Waals surface area contributed by atoms with Gasteiger partial charge in [-0.1, -0.05) is 23.7 Å². The zero-order valence-corrected chi connectivity index (χ0v) is 16.4. The minimum Gasteiger partial charge on any atom is -0.465 e. The molecule has 5 nitrogen and oxygen atoms in total. The summed E-state index contributed by atoms with van der Waals surface area (Å²) in [6.45, 7) is 0. The van der Waals surface area contributed by atoms with Crippen molar-refractivity contribution in [3.05, 3.63) is 59.7 Å². The minimum absolute atomic E-state index is 0.00355. The lowest BCUT2D eigenvalue weighted by atomic mass is 10.0. The molecule has 0 radical (unpaired) electrons. The van der Waals surface area contributed by atoms with E-state index in [-0.39, 0.29) is 6.04 Å². The van der Waals surface area contributed by atoms with Crippen LogP contribution in [0.15, 0.2) is 48.5 Å². The molecule has 2 aromatic carbocycles. The largest absolute Gasteiger partial charge is 0.465 e. The van der Waals surface area contributed by atoms with E-state index in [1.807, 2.05) is 12.1 Å². The molecule has 2 unspecified atom stereocenters. The molecule has 0 saturated carbocycles. The van der Waals surface area contributed by atoms with Crippen LogP contribution in [0.2, 0.25) is 0 Å². The van der Waals surface area contributed by atoms with Gasteiger partial charge in [-0.05, 0) is 68.3 Å². The highest BCUT2D eigenvalue weighted by atomic mass is 35.5. The number of halogens is 4. The molecule has 0 aliphatic carbocycles. The molecule has 0 fully saturated rings. The summed E-state index contributed by atoms with van der Waals surface area (Å²) in [5.74, 6) is 0.832. The fraction of sp³-hybridized carbons (Fsp3) is 0.350. The molecule has 29 heavy (non-hydrogen) atoms. The first-order chi connectivity index (χ1) is 13.7. The molecular weight excluding hydrogens is 409 g/mol. The lowest BCUT2D eigenvalue weighted by molar-refractivity contribution is -0.137. The predicted molar refractivity (Wildman–Crippen MR) is 105 cm³/mol. The van der Waals surface area contributed by atoms with Crippen LogP contribution in [0.5, 0.6) is 11.5 Å². The van der Waals surface area contributed by atoms with Crippen LogP contribution in [-0.4, -0.2) is 29.8 Å². The highest BCUT2D eigenvalue weighted by molar-refractivity contribution is 6.21. The molecule has 1 amide bonds. The molecule has 2 rings (SSSR count). The summed E-state index contributed by atoms with van der Waals surface area (Å²) in [5.41, 5.74) is -0.446. The molecule has 9 heteroatoms. The van der Waals surface area contributed by atoms with Crippen molar-refractivity contribution in [1.82, 2.24) is 10.6 Å². The van der Waals surface area contributed by atoms with Crippen molar-refractivity contribution in [3.8, 4) is 11.5 Å². The number of nitrogens with one attached hydrogen (secondary N) is 2. The van der Waals surface area contributed by atoms with E-state index in [4.69, 9.17) is 21.4 Å². The number of amides is 1. The first kappa shape index (κ1) is 22.8. The molecule has 2 aromatic rings. The van der Waals surface area contributed by atoms with E-state index in [9.17, 15) is 18.0 Å². The Hall–Kier alpha value is -2.45. The topological polar surface area (TPSA) is 70.6 Å². The number of hydrogen-bond acceptors (Lipinski definition) is 3. The van der Waals surface area contributed by atoms with Gasteiger partial charge in [0.1, 0.15) is 17.0 Å². The monoisotopic (exact) mass is 430 g/mol. The first-order valence-corrected chi connectivity index (χ1v) is 9.36. The quantitative estimate of drug-likeness (QED) is 0.376. The van der Waals surface area contributed by atoms with E-state index in [1.54, 1.807) is 19.2 Å². The van der Waals surface area contributed by atoms with Gasteiger partial charge < -0.3 is 20.5 Å². The zero-order valence-electron chi connectivity index (χ0n) is 15.7. The normalized spacial score (nSPS) is 13.6. The molecule has 0 aliphatic rings. The zero-order chi connectivity index (χ0) is 21.4. The number of carbonyl (C=O) groups is 1. The van der Waals surface area contributed by atoms with Crippen LogP contribution in [0.3, 0.4) is 0 Å². The van der Waals surface area contributed by atoms with Crippen molar-refractivity contribution in [1.29, 1.82) is 0 Å². The number of carboxylic acid groups (broad SMARTS) is 1. The number of ether oxygens (including phenoxy) is 1. The third-order valence-electron chi connectivity index (χ3n) is 4.28. The van der Waals surface area contributed by atoms with Crippen LogP contribution in [0.25, 0.3) is 0 Å². The van der Waals surface area contributed by atoms with Gasteiger partial charge in [0.05, 0.1) is 5.56 Å². The predicted octanol–water partition coefficient (Wildman–Crippen LogP) is 5.24. The molecule has 3 N–H and O–H groups in total. The Kier molecular flexibility index (Phi) is 8.16. The Morgan fingerprint density at radius 3 is 2.45 bits per heavy atom. The average Bonchev–Trinajstić information content (AvgIpc) is 2.64. The van der Waals surface area contributed by atoms with Gasteiger partial charge in [-0.15, -0.1) is 0 Å². The molecule has 0 aliphatic heterocycles. The fourth-order valence-corrected chi connectivity index (χ4v) is 3.08. The third-order valence-corrected chi connectivity index (χ3v) is 4.56. The average molecular weight is 431 g/mol. The van der Waals surface area contributed by atoms with E-state index in [1.165, 1.54) is 12.1 Å². The maximum absolute atomic E-state index is 12.6. The molecule has 0 spiro atoms. The van der Waals surface area contributed by atoms with Gasteiger partial charge in [0.15, 0.2) is 0 Å². The van der Waals surface area contributed by atoms with Gasteiger partial charge >= 0.3 is 12.3 Å². The molecule has 0 aromatic heterocycles. The minimum atomic E-state index is -4.38. The van der Waals surface area contributed by atoms with Crippen molar-refractivity contribution in [2.24, 2.45) is 0 Å². The van der Waals surface area contributed by atoms with E-state index < -0.39 is 23.3 Å². The number of aryl methyl sites for hydroxylation is 1. The Morgan fingerprint density at radius 1 is 1.17 bits per heavy atom. The molecule has 0 bridgehead atoms. The van der Waals surface area contributed by atoms with Crippen molar-refractivity contribution < 1.29 is 27.8 Å². The van der Waals surface area contributed by atoms with E-state index in [2.05, 4.69) is 10.6 Å². The number of benzene rings is 2. The Bertz CT molecular complexity index is 800. The van der Waals surface area contributed by atoms with Crippen LogP contribution in [0.1, 0.15) is 24.0 Å². The number of hydrogen-bond donors (Lipinski definition) is 3. The maximum Gasteiger partial charge on any atom is 0.416 e. The van der Waals surface area contributed by atoms with Crippen LogP contribution in [-0.2, 0) is 12.6 Å². The standard InChI is InChI=1S/C20H22ClF3N2O3/c1-25-15(12-18(21)26-19(27)28)8-5-13-3-2-4-17(11-13)29-16-9-6-14(7-10-16)20(22,23)24/h2-4,6-7,9-11,15,18,25-26H,5,8,12H2,1H3,(H,27,28). The van der Waals surface area contributed by atoms with Crippen LogP contribution < -0.4 is 15.4 Å². The summed E-state index contributed by atoms with van der Waals surface area (Å²) in [4.78, 5) is 10.6. The van der Waals surface area contributed by atoms with Gasteiger partial charge in [-0.3, -0.25) is 0 Å². The highest BCUT2D eigenvalue weighted by Gasteiger charge is 2.30. The molecule has 0 heterocycles. The number of rotatable bonds is 9. The summed E-state index contributed by atoms with van der Waals surface area (Å²) in [6.07, 6.45) is -3.74. The Labute approximate surface area is 171 Å². The lowest BCUT2D eigenvalue weighted by Crippen LogP contribution is -2.36. The van der Waals surface area contributed by atoms with E-state index in [0.717, 1.165) is 17.7 Å². The van der Waals surface area contributed by atoms with Crippen molar-refractivity contribution >= 4 is 17.7 Å². The smallest absolute Gasteiger partial charge is 0.416 e. The van der Waals surface area contributed by atoms with E-state index >= 15 is 0 Å². The Morgan fingerprint density at radius 2 is 1.86 bits per heavy atom. The van der Waals surface area contributed by atoms with Crippen molar-refractivity contribution in [2.45, 2.75) is 37.0 Å². The summed E-state index contributed by atoms with van der Waals surface area (Å²) < 4.78 is 43.5. The van der Waals surface area contributed by atoms with Gasteiger partial charge in [0, 0.05) is 6.04 Å². The second kappa shape index (κ2) is 10.4. The second-order valence-electron chi connectivity index (χ2n) is 6.45. The lowest BCUT2D eigenvalue weighted by Gasteiger charge is -2.19. The van der Waals surface area contributed by atoms with Crippen LogP contribution in [0, 0.1) is 0 Å². The maximum atomic E-state index is 12.6. The summed E-state index contributed by atoms with van der Waals surface area (Å²) in [7, 11) is 1.78. The van der Waals surface area contributed by atoms with Gasteiger partial charge in [0.25, 0.3) is 0 Å². The summed E-state index contributed by atoms with van der Waals surface area (Å²) in [5, 5.41) is 14.0. The molecule has 2 atom stereocenters. The van der Waals surface area contributed by atoms with Gasteiger partial charge in [-0.25, -0.2) is 4.79 Å². The summed E-state index contributed by atoms with van der Waals surface area (Å²) >= 11 is 5.96. The van der Waals surface area contributed by atoms with E-state index in [0.29, 0.717) is 30.8 Å². The number of alkyl halides is 4. The SMILES string of the molecule is CNC(CCc1cccc(Oc2ccc(C(F)(F)F)cc2)c1)CC(Cl)NC(=O)O. The van der Waals surface area contributed by atoms with Crippen LogP contribution in [0.4, 0.5) is 18.0 Å². The molecule has 0 saturated heterocycles. The van der Waals surface area contributed by atoms with Crippen LogP contribution >= 0.6 is 11.6 Å². The Balaban J connectivity index is 1.94.